The van der Waals surface area contributed by atoms with Crippen LogP contribution in [-0.4, -0.2) is 56.9 Å². The summed E-state index contributed by atoms with van der Waals surface area (Å²) in [5.41, 5.74) is 1.76. The van der Waals surface area contributed by atoms with Crippen LogP contribution in [0.1, 0.15) is 24.2 Å². The number of likely N-dealkylation sites (N-methyl/N-ethyl adjacent to an activating group) is 1. The summed E-state index contributed by atoms with van der Waals surface area (Å²) >= 11 is 0. The van der Waals surface area contributed by atoms with E-state index in [1.54, 1.807) is 26.4 Å². The fraction of sp³-hybridized carbons (Fsp3) is 0.409. The number of methoxy groups -OCH3 is 2. The van der Waals surface area contributed by atoms with Gasteiger partial charge in [0.15, 0.2) is 17.5 Å². The third-order valence-corrected chi connectivity index (χ3v) is 4.55. The van der Waals surface area contributed by atoms with Crippen molar-refractivity contribution < 1.29 is 19.0 Å². The number of hydrogen-bond acceptors (Lipinski definition) is 4. The molecule has 0 amide bonds. The molecule has 166 valence electrons. The minimum Gasteiger partial charge on any atom is -0.493 e. The Morgan fingerprint density at radius 2 is 1.80 bits per heavy atom. The number of ether oxygens (including phenoxy) is 2. The van der Waals surface area contributed by atoms with Crippen molar-refractivity contribution >= 4 is 29.9 Å². The van der Waals surface area contributed by atoms with Crippen LogP contribution in [0.4, 0.5) is 4.39 Å². The number of benzene rings is 2. The van der Waals surface area contributed by atoms with Crippen LogP contribution in [0.3, 0.4) is 0 Å². The number of halogens is 2. The first-order valence-electron chi connectivity index (χ1n) is 9.62. The molecule has 0 bridgehead atoms. The standard InChI is InChI=1S/C22H30FN3O3.HI/c1-5-24-22(25-15-19(27)17-7-9-18(23)10-8-17)26(2)13-12-16-6-11-20(28-3)21(14-16)29-4;/h6-11,14,19,27H,5,12-13,15H2,1-4H3,(H,24,25);1H. The van der Waals surface area contributed by atoms with Gasteiger partial charge in [-0.2, -0.15) is 0 Å². The summed E-state index contributed by atoms with van der Waals surface area (Å²) in [5.74, 6) is 1.78. The highest BCUT2D eigenvalue weighted by Gasteiger charge is 2.11. The molecule has 0 fully saturated rings. The van der Waals surface area contributed by atoms with E-state index < -0.39 is 6.10 Å². The van der Waals surface area contributed by atoms with Crippen LogP contribution in [0, 0.1) is 5.82 Å². The number of guanidine groups is 1. The first-order valence-corrected chi connectivity index (χ1v) is 9.62. The lowest BCUT2D eigenvalue weighted by Crippen LogP contribution is -2.40. The first-order chi connectivity index (χ1) is 14.0. The van der Waals surface area contributed by atoms with E-state index in [0.29, 0.717) is 29.6 Å². The Morgan fingerprint density at radius 1 is 1.13 bits per heavy atom. The van der Waals surface area contributed by atoms with Gasteiger partial charge < -0.3 is 24.8 Å². The SMILES string of the molecule is CCNC(=NCC(O)c1ccc(F)cc1)N(C)CCc1ccc(OC)c(OC)c1.I. The summed E-state index contributed by atoms with van der Waals surface area (Å²) in [7, 11) is 5.19. The van der Waals surface area contributed by atoms with E-state index >= 15 is 0 Å². The van der Waals surface area contributed by atoms with Crippen LogP contribution in [0.25, 0.3) is 0 Å². The average Bonchev–Trinajstić information content (AvgIpc) is 2.74. The zero-order valence-corrected chi connectivity index (χ0v) is 20.2. The number of rotatable bonds is 9. The maximum absolute atomic E-state index is 13.0. The van der Waals surface area contributed by atoms with Crippen molar-refractivity contribution in [1.29, 1.82) is 0 Å². The lowest BCUT2D eigenvalue weighted by atomic mass is 10.1. The zero-order chi connectivity index (χ0) is 21.2. The Labute approximate surface area is 195 Å². The molecule has 1 unspecified atom stereocenters. The van der Waals surface area contributed by atoms with Crippen LogP contribution in [0.5, 0.6) is 11.5 Å². The Kier molecular flexibility index (Phi) is 11.5. The average molecular weight is 531 g/mol. The van der Waals surface area contributed by atoms with Crippen LogP contribution in [0.15, 0.2) is 47.5 Å². The smallest absolute Gasteiger partial charge is 0.193 e. The minimum atomic E-state index is -0.788. The molecule has 0 spiro atoms. The molecular weight excluding hydrogens is 500 g/mol. The van der Waals surface area contributed by atoms with E-state index in [1.807, 2.05) is 37.1 Å². The highest BCUT2D eigenvalue weighted by molar-refractivity contribution is 14.0. The number of aliphatic hydroxyl groups is 1. The molecule has 0 aliphatic carbocycles. The Morgan fingerprint density at radius 3 is 2.40 bits per heavy atom. The van der Waals surface area contributed by atoms with Gasteiger partial charge in [0, 0.05) is 20.1 Å². The van der Waals surface area contributed by atoms with Gasteiger partial charge in [-0.1, -0.05) is 18.2 Å². The van der Waals surface area contributed by atoms with Crippen molar-refractivity contribution in [3.63, 3.8) is 0 Å². The van der Waals surface area contributed by atoms with Gasteiger partial charge in [0.25, 0.3) is 0 Å². The van der Waals surface area contributed by atoms with E-state index in [9.17, 15) is 9.50 Å². The largest absolute Gasteiger partial charge is 0.493 e. The van der Waals surface area contributed by atoms with Crippen molar-refractivity contribution in [2.75, 3.05) is 40.9 Å². The lowest BCUT2D eigenvalue weighted by molar-refractivity contribution is 0.186. The second kappa shape index (κ2) is 13.3. The van der Waals surface area contributed by atoms with Crippen molar-refractivity contribution in [3.8, 4) is 11.5 Å². The predicted octanol–water partition coefficient (Wildman–Crippen LogP) is 3.63. The summed E-state index contributed by atoms with van der Waals surface area (Å²) < 4.78 is 23.7. The summed E-state index contributed by atoms with van der Waals surface area (Å²) in [6, 6.07) is 11.7. The topological polar surface area (TPSA) is 66.3 Å². The first kappa shape index (κ1) is 26.0. The molecule has 0 aliphatic rings. The zero-order valence-electron chi connectivity index (χ0n) is 17.9. The van der Waals surface area contributed by atoms with E-state index in [4.69, 9.17) is 9.47 Å². The van der Waals surface area contributed by atoms with E-state index in [0.717, 1.165) is 18.5 Å². The van der Waals surface area contributed by atoms with Gasteiger partial charge in [-0.05, 0) is 48.7 Å². The molecule has 0 aliphatic heterocycles. The molecule has 0 saturated carbocycles. The minimum absolute atomic E-state index is 0. The van der Waals surface area contributed by atoms with Crippen LogP contribution >= 0.6 is 24.0 Å². The second-order valence-corrected chi connectivity index (χ2v) is 6.62. The molecule has 6 nitrogen and oxygen atoms in total. The van der Waals surface area contributed by atoms with Crippen molar-refractivity contribution in [2.24, 2.45) is 4.99 Å². The predicted molar refractivity (Wildman–Crippen MR) is 129 cm³/mol. The van der Waals surface area contributed by atoms with E-state index in [-0.39, 0.29) is 36.3 Å². The Bertz CT molecular complexity index is 803. The fourth-order valence-electron chi connectivity index (χ4n) is 2.87. The summed E-state index contributed by atoms with van der Waals surface area (Å²) in [5, 5.41) is 13.6. The van der Waals surface area contributed by atoms with Gasteiger partial charge in [-0.3, -0.25) is 4.99 Å². The normalized spacial score (nSPS) is 12.0. The summed E-state index contributed by atoms with van der Waals surface area (Å²) in [6.45, 7) is 3.63. The van der Waals surface area contributed by atoms with E-state index in [1.165, 1.54) is 12.1 Å². The van der Waals surface area contributed by atoms with Gasteiger partial charge in [-0.25, -0.2) is 4.39 Å². The third-order valence-electron chi connectivity index (χ3n) is 4.55. The van der Waals surface area contributed by atoms with Crippen LogP contribution in [-0.2, 0) is 6.42 Å². The molecule has 0 heterocycles. The number of nitrogens with one attached hydrogen (secondary N) is 1. The maximum Gasteiger partial charge on any atom is 0.193 e. The molecular formula is C22H31FIN3O3. The summed E-state index contributed by atoms with van der Waals surface area (Å²) in [6.07, 6.45) is 0.00502. The highest BCUT2D eigenvalue weighted by atomic mass is 127. The molecule has 2 aromatic rings. The lowest BCUT2D eigenvalue weighted by Gasteiger charge is -2.23. The molecule has 0 aromatic heterocycles. The van der Waals surface area contributed by atoms with Crippen molar-refractivity contribution in [1.82, 2.24) is 10.2 Å². The summed E-state index contributed by atoms with van der Waals surface area (Å²) in [4.78, 5) is 6.54. The van der Waals surface area contributed by atoms with Crippen LogP contribution < -0.4 is 14.8 Å². The van der Waals surface area contributed by atoms with Crippen molar-refractivity contribution in [3.05, 3.63) is 59.4 Å². The Hall–Kier alpha value is -2.07. The quantitative estimate of drug-likeness (QED) is 0.294. The van der Waals surface area contributed by atoms with Gasteiger partial charge >= 0.3 is 0 Å². The fourth-order valence-corrected chi connectivity index (χ4v) is 2.87. The van der Waals surface area contributed by atoms with Gasteiger partial charge in [0.05, 0.1) is 26.9 Å². The molecule has 0 radical (unpaired) electrons. The van der Waals surface area contributed by atoms with E-state index in [2.05, 4.69) is 10.3 Å². The molecule has 2 rings (SSSR count). The third kappa shape index (κ3) is 7.64. The van der Waals surface area contributed by atoms with Crippen LogP contribution in [0.2, 0.25) is 0 Å². The highest BCUT2D eigenvalue weighted by Crippen LogP contribution is 2.27. The molecule has 0 saturated heterocycles. The van der Waals surface area contributed by atoms with Gasteiger partial charge in [-0.15, -0.1) is 24.0 Å². The monoisotopic (exact) mass is 531 g/mol. The van der Waals surface area contributed by atoms with Crippen molar-refractivity contribution in [2.45, 2.75) is 19.4 Å². The Balaban J connectivity index is 0.00000450. The number of nitrogens with zero attached hydrogens (tertiary/aromatic N) is 2. The molecule has 8 heteroatoms. The number of aliphatic hydroxyl groups excluding tert-OH is 1. The number of aliphatic imine (C=N–C) groups is 1. The molecule has 2 aromatic carbocycles. The maximum atomic E-state index is 13.0. The van der Waals surface area contributed by atoms with Gasteiger partial charge in [0.2, 0.25) is 0 Å². The molecule has 1 atom stereocenters. The molecule has 30 heavy (non-hydrogen) atoms. The van der Waals surface area contributed by atoms with Gasteiger partial charge in [0.1, 0.15) is 5.82 Å². The number of hydrogen-bond donors (Lipinski definition) is 2. The molecule has 2 N–H and O–H groups in total. The second-order valence-electron chi connectivity index (χ2n) is 6.62.